The van der Waals surface area contributed by atoms with Gasteiger partial charge in [0, 0.05) is 0 Å². The zero-order valence-corrected chi connectivity index (χ0v) is 10.6. The maximum Gasteiger partial charge on any atom is -0.0204 e. The van der Waals surface area contributed by atoms with Crippen LogP contribution in [0.1, 0.15) is 53.4 Å². The van der Waals surface area contributed by atoms with Crippen molar-refractivity contribution in [1.82, 2.24) is 0 Å². The van der Waals surface area contributed by atoms with Crippen LogP contribution < -0.4 is 0 Å². The summed E-state index contributed by atoms with van der Waals surface area (Å²) in [6, 6.07) is 0. The van der Waals surface area contributed by atoms with Crippen LogP contribution in [0.4, 0.5) is 0 Å². The Balaban J connectivity index is 1.89. The van der Waals surface area contributed by atoms with E-state index in [9.17, 15) is 0 Å². The van der Waals surface area contributed by atoms with Gasteiger partial charge < -0.3 is 0 Å². The Morgan fingerprint density at radius 3 is 2.27 bits per heavy atom. The van der Waals surface area contributed by atoms with Gasteiger partial charge >= 0.3 is 0 Å². The van der Waals surface area contributed by atoms with Crippen molar-refractivity contribution >= 4 is 0 Å². The predicted molar refractivity (Wildman–Crippen MR) is 62.4 cm³/mol. The van der Waals surface area contributed by atoms with Crippen molar-refractivity contribution in [3.63, 3.8) is 0 Å². The minimum atomic E-state index is 0.649. The highest BCUT2D eigenvalue weighted by Crippen LogP contribution is 2.91. The Hall–Kier alpha value is 0. The Morgan fingerprint density at radius 1 is 0.867 bits per heavy atom. The zero-order valence-electron chi connectivity index (χ0n) is 10.6. The van der Waals surface area contributed by atoms with Crippen molar-refractivity contribution in [2.45, 2.75) is 53.4 Å². The quantitative estimate of drug-likeness (QED) is 0.557. The molecule has 0 radical (unpaired) electrons. The van der Waals surface area contributed by atoms with Gasteiger partial charge in [0.1, 0.15) is 0 Å². The normalized spacial score (nSPS) is 68.0. The van der Waals surface area contributed by atoms with Crippen LogP contribution in [0.3, 0.4) is 0 Å². The van der Waals surface area contributed by atoms with Gasteiger partial charge in [0.2, 0.25) is 0 Å². The first-order valence-corrected chi connectivity index (χ1v) is 6.93. The second-order valence-corrected chi connectivity index (χ2v) is 8.04. The van der Waals surface area contributed by atoms with Gasteiger partial charge in [-0.25, -0.2) is 0 Å². The molecule has 0 saturated heterocycles. The van der Waals surface area contributed by atoms with Crippen molar-refractivity contribution in [2.24, 2.45) is 39.9 Å². The lowest BCUT2D eigenvalue weighted by molar-refractivity contribution is 0.127. The third-order valence-electron chi connectivity index (χ3n) is 7.58. The Kier molecular flexibility index (Phi) is 1.24. The van der Waals surface area contributed by atoms with Gasteiger partial charge in [-0.2, -0.15) is 0 Å². The summed E-state index contributed by atoms with van der Waals surface area (Å²) in [6.07, 6.45) is 6.10. The number of hydrogen-bond acceptors (Lipinski definition) is 0. The molecule has 15 heavy (non-hydrogen) atoms. The average Bonchev–Trinajstić information content (AvgIpc) is 2.49. The smallest absolute Gasteiger partial charge is 0.0204 e. The van der Waals surface area contributed by atoms with Gasteiger partial charge in [0.15, 0.2) is 0 Å². The Bertz CT molecular complexity index is 342. The molecule has 0 aromatic carbocycles. The van der Waals surface area contributed by atoms with Gasteiger partial charge in [-0.15, -0.1) is 0 Å². The molecule has 5 saturated carbocycles. The van der Waals surface area contributed by atoms with Crippen LogP contribution in [-0.2, 0) is 0 Å². The third-order valence-corrected chi connectivity index (χ3v) is 7.58. The maximum absolute atomic E-state index is 2.64. The highest BCUT2D eigenvalue weighted by molar-refractivity contribution is 5.33. The van der Waals surface area contributed by atoms with Gasteiger partial charge in [-0.05, 0) is 59.2 Å². The van der Waals surface area contributed by atoms with Crippen LogP contribution in [0, 0.1) is 39.9 Å². The van der Waals surface area contributed by atoms with Gasteiger partial charge in [0.05, 0.1) is 0 Å². The van der Waals surface area contributed by atoms with Crippen LogP contribution >= 0.6 is 0 Å². The first kappa shape index (κ1) is 9.07. The Morgan fingerprint density at radius 2 is 1.60 bits per heavy atom. The van der Waals surface area contributed by atoms with E-state index >= 15 is 0 Å². The predicted octanol–water partition coefficient (Wildman–Crippen LogP) is 4.10. The summed E-state index contributed by atoms with van der Waals surface area (Å²) in [5.41, 5.74) is 2.16. The molecule has 0 N–H and O–H groups in total. The SMILES string of the molecule is CC1(C)CCC[C@]2(C)[C@@H]3C[C@@H]4[C@@H]([C@@H]31)[C@]42C. The fourth-order valence-electron chi connectivity index (χ4n) is 6.75. The standard InChI is InChI=1S/C15H24/c1-13(2)6-5-7-14(3)9-8-10-12(11(9)13)15(10,14)4/h9-12H,5-8H2,1-4H3/t9-,10-,11-,12+,14-,15+/m1/s1. The van der Waals surface area contributed by atoms with E-state index in [4.69, 9.17) is 0 Å². The second kappa shape index (κ2) is 2.05. The molecule has 0 nitrogen and oxygen atoms in total. The van der Waals surface area contributed by atoms with Crippen LogP contribution in [0.5, 0.6) is 0 Å². The largest absolute Gasteiger partial charge is 0.0596 e. The molecule has 5 aliphatic rings. The molecule has 5 fully saturated rings. The molecule has 0 aromatic heterocycles. The molecule has 0 aromatic rings. The average molecular weight is 204 g/mol. The van der Waals surface area contributed by atoms with Gasteiger partial charge in [-0.1, -0.05) is 34.1 Å². The molecule has 5 aliphatic carbocycles. The molecule has 0 heterocycles. The van der Waals surface area contributed by atoms with Crippen LogP contribution in [-0.4, -0.2) is 0 Å². The molecular formula is C15H24. The molecule has 0 spiro atoms. The van der Waals surface area contributed by atoms with E-state index in [1.807, 2.05) is 0 Å². The highest BCUT2D eigenvalue weighted by Gasteiger charge is 2.86. The summed E-state index contributed by atoms with van der Waals surface area (Å²) in [6.45, 7) is 10.4. The van der Waals surface area contributed by atoms with Crippen molar-refractivity contribution in [3.8, 4) is 0 Å². The van der Waals surface area contributed by atoms with E-state index in [2.05, 4.69) is 27.7 Å². The first-order chi connectivity index (χ1) is 6.93. The van der Waals surface area contributed by atoms with E-state index in [-0.39, 0.29) is 0 Å². The van der Waals surface area contributed by atoms with E-state index in [1.165, 1.54) is 19.3 Å². The molecule has 84 valence electrons. The molecule has 5 rings (SSSR count). The van der Waals surface area contributed by atoms with Crippen molar-refractivity contribution in [3.05, 3.63) is 0 Å². The Labute approximate surface area is 93.8 Å². The van der Waals surface area contributed by atoms with Crippen molar-refractivity contribution in [1.29, 1.82) is 0 Å². The van der Waals surface area contributed by atoms with E-state index in [0.29, 0.717) is 5.41 Å². The molecule has 0 heteroatoms. The molecule has 0 amide bonds. The topological polar surface area (TPSA) is 0 Å². The van der Waals surface area contributed by atoms with E-state index in [1.54, 1.807) is 6.42 Å². The third kappa shape index (κ3) is 0.666. The molecular weight excluding hydrogens is 180 g/mol. The summed E-state index contributed by atoms with van der Waals surface area (Å²) in [7, 11) is 0. The summed E-state index contributed by atoms with van der Waals surface area (Å²) >= 11 is 0. The second-order valence-electron chi connectivity index (χ2n) is 8.04. The maximum atomic E-state index is 2.64. The highest BCUT2D eigenvalue weighted by atomic mass is 14.9. The minimum Gasteiger partial charge on any atom is -0.0596 e. The fraction of sp³-hybridized carbons (Fsp3) is 1.00. The summed E-state index contributed by atoms with van der Waals surface area (Å²) in [4.78, 5) is 0. The van der Waals surface area contributed by atoms with Gasteiger partial charge in [-0.3, -0.25) is 0 Å². The lowest BCUT2D eigenvalue weighted by Crippen LogP contribution is -2.29. The fourth-order valence-corrected chi connectivity index (χ4v) is 6.75. The van der Waals surface area contributed by atoms with Crippen molar-refractivity contribution in [2.75, 3.05) is 0 Å². The molecule has 0 unspecified atom stereocenters. The number of hydrogen-bond donors (Lipinski definition) is 0. The first-order valence-electron chi connectivity index (χ1n) is 6.93. The molecule has 6 atom stereocenters. The van der Waals surface area contributed by atoms with E-state index in [0.717, 1.165) is 34.5 Å². The summed E-state index contributed by atoms with van der Waals surface area (Å²) in [5.74, 6) is 4.44. The monoisotopic (exact) mass is 204 g/mol. The van der Waals surface area contributed by atoms with Crippen LogP contribution in [0.25, 0.3) is 0 Å². The van der Waals surface area contributed by atoms with Crippen LogP contribution in [0.2, 0.25) is 0 Å². The van der Waals surface area contributed by atoms with Gasteiger partial charge in [0.25, 0.3) is 0 Å². The molecule has 6 bridgehead atoms. The summed E-state index contributed by atoms with van der Waals surface area (Å²) in [5, 5.41) is 0. The summed E-state index contributed by atoms with van der Waals surface area (Å²) < 4.78 is 0. The lowest BCUT2D eigenvalue weighted by Gasteiger charge is -2.35. The lowest BCUT2D eigenvalue weighted by atomic mass is 9.69. The minimum absolute atomic E-state index is 0.649. The van der Waals surface area contributed by atoms with E-state index < -0.39 is 0 Å². The van der Waals surface area contributed by atoms with Crippen molar-refractivity contribution < 1.29 is 0 Å². The van der Waals surface area contributed by atoms with Crippen LogP contribution in [0.15, 0.2) is 0 Å². The number of rotatable bonds is 0. The zero-order chi connectivity index (χ0) is 10.6. The molecule has 0 aliphatic heterocycles.